The zero-order chi connectivity index (χ0) is 27.1. The van der Waals surface area contributed by atoms with E-state index in [2.05, 4.69) is 17.6 Å². The molecule has 0 radical (unpaired) electrons. The highest BCUT2D eigenvalue weighted by Crippen LogP contribution is 2.27. The van der Waals surface area contributed by atoms with Crippen LogP contribution in [0.15, 0.2) is 72.8 Å². The Labute approximate surface area is 223 Å². The Morgan fingerprint density at radius 1 is 1.03 bits per heavy atom. The summed E-state index contributed by atoms with van der Waals surface area (Å²) in [5.74, 6) is 1.55. The van der Waals surface area contributed by atoms with E-state index in [1.165, 1.54) is 0 Å². The molecule has 1 aliphatic heterocycles. The van der Waals surface area contributed by atoms with Crippen molar-refractivity contribution in [3.8, 4) is 17.2 Å². The number of fused-ring (bicyclic) bond motifs is 1. The lowest BCUT2D eigenvalue weighted by atomic mass is 10.0. The molecule has 4 rings (SSSR count). The minimum atomic E-state index is -0.278. The van der Waals surface area contributed by atoms with Gasteiger partial charge in [-0.05, 0) is 61.4 Å². The lowest BCUT2D eigenvalue weighted by Gasteiger charge is -2.30. The van der Waals surface area contributed by atoms with E-state index in [4.69, 9.17) is 14.2 Å². The van der Waals surface area contributed by atoms with E-state index in [9.17, 15) is 9.59 Å². The number of likely N-dealkylation sites (N-methyl/N-ethyl adjacent to an activating group) is 1. The second kappa shape index (κ2) is 12.6. The van der Waals surface area contributed by atoms with Gasteiger partial charge in [0.15, 0.2) is 0 Å². The molecule has 8 nitrogen and oxygen atoms in total. The second-order valence-electron chi connectivity index (χ2n) is 9.66. The number of anilines is 1. The molecule has 3 aromatic rings. The molecule has 0 aromatic heterocycles. The molecule has 2 N–H and O–H groups in total. The number of hydrogen-bond acceptors (Lipinski definition) is 6. The van der Waals surface area contributed by atoms with E-state index in [-0.39, 0.29) is 29.9 Å². The summed E-state index contributed by atoms with van der Waals surface area (Å²) in [6.07, 6.45) is -0.101. The maximum absolute atomic E-state index is 13.3. The SMILES string of the molecule is CO[C@@H]1CN(C)C(=O)c2ccc(NC(=O)c3ccc(Oc4ccccc4)cc3)cc2OC[C@@H](C)NC[C@H]1C. The van der Waals surface area contributed by atoms with Crippen LogP contribution in [-0.2, 0) is 4.74 Å². The van der Waals surface area contributed by atoms with Gasteiger partial charge >= 0.3 is 0 Å². The number of ether oxygens (including phenoxy) is 3. The monoisotopic (exact) mass is 517 g/mol. The molecule has 1 aliphatic rings. The van der Waals surface area contributed by atoms with E-state index in [0.717, 1.165) is 12.3 Å². The van der Waals surface area contributed by atoms with Gasteiger partial charge in [-0.2, -0.15) is 0 Å². The zero-order valence-corrected chi connectivity index (χ0v) is 22.3. The Balaban J connectivity index is 1.49. The van der Waals surface area contributed by atoms with Crippen molar-refractivity contribution < 1.29 is 23.8 Å². The van der Waals surface area contributed by atoms with Gasteiger partial charge < -0.3 is 29.7 Å². The standard InChI is InChI=1S/C30H35N3O5/c1-20-17-31-21(2)19-37-27-16-23(12-15-26(27)30(35)33(3)18-28(20)36-4)32-29(34)22-10-13-25(14-11-22)38-24-8-6-5-7-9-24/h5-16,20-21,28,31H,17-19H2,1-4H3,(H,32,34)/t20-,21-,28-/m1/s1. The van der Waals surface area contributed by atoms with Gasteiger partial charge in [0.25, 0.3) is 11.8 Å². The molecule has 3 aromatic carbocycles. The van der Waals surface area contributed by atoms with Crippen molar-refractivity contribution in [3.05, 3.63) is 83.9 Å². The number of rotatable bonds is 5. The average Bonchev–Trinajstić information content (AvgIpc) is 2.93. The molecule has 3 atom stereocenters. The van der Waals surface area contributed by atoms with Gasteiger partial charge in [0.05, 0.1) is 11.7 Å². The summed E-state index contributed by atoms with van der Waals surface area (Å²) in [7, 11) is 3.43. The first-order valence-corrected chi connectivity index (χ1v) is 12.8. The molecule has 0 spiro atoms. The number of benzene rings is 3. The minimum Gasteiger partial charge on any atom is -0.491 e. The quantitative estimate of drug-likeness (QED) is 0.504. The first kappa shape index (κ1) is 27.2. The maximum Gasteiger partial charge on any atom is 0.257 e. The molecule has 0 fully saturated rings. The van der Waals surface area contributed by atoms with Crippen LogP contribution in [-0.4, -0.2) is 62.7 Å². The predicted molar refractivity (Wildman–Crippen MR) is 147 cm³/mol. The normalized spacial score (nSPS) is 20.4. The summed E-state index contributed by atoms with van der Waals surface area (Å²) in [5.41, 5.74) is 1.44. The fraction of sp³-hybridized carbons (Fsp3) is 0.333. The van der Waals surface area contributed by atoms with E-state index >= 15 is 0 Å². The Kier molecular flexibility index (Phi) is 8.99. The van der Waals surface area contributed by atoms with Crippen LogP contribution >= 0.6 is 0 Å². The molecule has 1 heterocycles. The highest BCUT2D eigenvalue weighted by Gasteiger charge is 2.25. The van der Waals surface area contributed by atoms with Gasteiger partial charge in [0.1, 0.15) is 23.9 Å². The molecule has 38 heavy (non-hydrogen) atoms. The molecule has 2 amide bonds. The number of nitrogens with zero attached hydrogens (tertiary/aromatic N) is 1. The van der Waals surface area contributed by atoms with Crippen LogP contribution < -0.4 is 20.1 Å². The average molecular weight is 518 g/mol. The van der Waals surface area contributed by atoms with Gasteiger partial charge in [-0.3, -0.25) is 9.59 Å². The molecule has 0 aliphatic carbocycles. The number of para-hydroxylation sites is 1. The molecular formula is C30H35N3O5. The molecule has 0 saturated heterocycles. The number of amides is 2. The number of hydrogen-bond donors (Lipinski definition) is 2. The van der Waals surface area contributed by atoms with E-state index in [1.54, 1.807) is 61.5 Å². The summed E-state index contributed by atoms with van der Waals surface area (Å²) >= 11 is 0. The van der Waals surface area contributed by atoms with Crippen LogP contribution in [0.5, 0.6) is 17.2 Å². The van der Waals surface area contributed by atoms with Crippen molar-refractivity contribution in [1.82, 2.24) is 10.2 Å². The van der Waals surface area contributed by atoms with Crippen molar-refractivity contribution in [2.24, 2.45) is 5.92 Å². The minimum absolute atomic E-state index is 0.0601. The smallest absolute Gasteiger partial charge is 0.257 e. The molecular weight excluding hydrogens is 482 g/mol. The summed E-state index contributed by atoms with van der Waals surface area (Å²) < 4.78 is 17.5. The van der Waals surface area contributed by atoms with Crippen LogP contribution in [0.1, 0.15) is 34.6 Å². The summed E-state index contributed by atoms with van der Waals surface area (Å²) in [6.45, 7) is 5.70. The first-order chi connectivity index (χ1) is 18.3. The largest absolute Gasteiger partial charge is 0.491 e. The van der Waals surface area contributed by atoms with Crippen LogP contribution in [0.25, 0.3) is 0 Å². The van der Waals surface area contributed by atoms with Crippen molar-refractivity contribution >= 4 is 17.5 Å². The lowest BCUT2D eigenvalue weighted by molar-refractivity contribution is 0.0281. The molecule has 200 valence electrons. The zero-order valence-electron chi connectivity index (χ0n) is 22.3. The maximum atomic E-state index is 13.3. The Morgan fingerprint density at radius 3 is 2.45 bits per heavy atom. The number of methoxy groups -OCH3 is 1. The number of carbonyl (C=O) groups is 2. The highest BCUT2D eigenvalue weighted by molar-refractivity contribution is 6.05. The van der Waals surface area contributed by atoms with E-state index in [0.29, 0.717) is 41.5 Å². The molecule has 0 saturated carbocycles. The van der Waals surface area contributed by atoms with Gasteiger partial charge in [0.2, 0.25) is 0 Å². The number of carbonyl (C=O) groups excluding carboxylic acids is 2. The van der Waals surface area contributed by atoms with Gasteiger partial charge in [-0.1, -0.05) is 25.1 Å². The topological polar surface area (TPSA) is 89.1 Å². The van der Waals surface area contributed by atoms with Crippen LogP contribution in [0.2, 0.25) is 0 Å². The first-order valence-electron chi connectivity index (χ1n) is 12.8. The summed E-state index contributed by atoms with van der Waals surface area (Å²) in [5, 5.41) is 6.37. The van der Waals surface area contributed by atoms with Crippen LogP contribution in [0.4, 0.5) is 5.69 Å². The summed E-state index contributed by atoms with van der Waals surface area (Å²) in [6, 6.07) is 21.5. The molecule has 8 heteroatoms. The fourth-order valence-electron chi connectivity index (χ4n) is 4.24. The highest BCUT2D eigenvalue weighted by atomic mass is 16.5. The fourth-order valence-corrected chi connectivity index (χ4v) is 4.24. The Hall–Kier alpha value is -3.88. The third-order valence-electron chi connectivity index (χ3n) is 6.58. The lowest BCUT2D eigenvalue weighted by Crippen LogP contribution is -2.44. The van der Waals surface area contributed by atoms with E-state index in [1.807, 2.05) is 37.3 Å². The number of nitrogens with one attached hydrogen (secondary N) is 2. The van der Waals surface area contributed by atoms with Crippen molar-refractivity contribution in [3.63, 3.8) is 0 Å². The molecule has 0 unspecified atom stereocenters. The third-order valence-corrected chi connectivity index (χ3v) is 6.58. The molecule has 0 bridgehead atoms. The van der Waals surface area contributed by atoms with Gasteiger partial charge in [-0.25, -0.2) is 0 Å². The second-order valence-corrected chi connectivity index (χ2v) is 9.66. The predicted octanol–water partition coefficient (Wildman–Crippen LogP) is 4.82. The van der Waals surface area contributed by atoms with Gasteiger partial charge in [0, 0.05) is 50.6 Å². The Morgan fingerprint density at radius 2 is 1.74 bits per heavy atom. The van der Waals surface area contributed by atoms with Crippen molar-refractivity contribution in [2.75, 3.05) is 39.2 Å². The van der Waals surface area contributed by atoms with Crippen LogP contribution in [0.3, 0.4) is 0 Å². The van der Waals surface area contributed by atoms with Crippen molar-refractivity contribution in [1.29, 1.82) is 0 Å². The van der Waals surface area contributed by atoms with E-state index < -0.39 is 0 Å². The van der Waals surface area contributed by atoms with Gasteiger partial charge in [-0.15, -0.1) is 0 Å². The van der Waals surface area contributed by atoms with Crippen molar-refractivity contribution in [2.45, 2.75) is 26.0 Å². The van der Waals surface area contributed by atoms with Crippen LogP contribution in [0, 0.1) is 5.92 Å². The third kappa shape index (κ3) is 6.90. The summed E-state index contributed by atoms with van der Waals surface area (Å²) in [4.78, 5) is 27.9. The Bertz CT molecular complexity index is 1230.